The van der Waals surface area contributed by atoms with Crippen molar-refractivity contribution in [3.8, 4) is 0 Å². The molecule has 0 N–H and O–H groups in total. The van der Waals surface area contributed by atoms with Gasteiger partial charge in [-0.05, 0) is 148 Å². The van der Waals surface area contributed by atoms with Crippen LogP contribution in [0.4, 0.5) is 0 Å². The molecule has 0 heterocycles. The van der Waals surface area contributed by atoms with Crippen LogP contribution in [0.2, 0.25) is 0 Å². The van der Waals surface area contributed by atoms with Gasteiger partial charge in [-0.3, -0.25) is 14.4 Å². The van der Waals surface area contributed by atoms with Gasteiger partial charge in [-0.1, -0.05) is 255 Å². The quantitative estimate of drug-likeness (QED) is 0.0261. The van der Waals surface area contributed by atoms with Crippen LogP contribution in [0.25, 0.3) is 0 Å². The highest BCUT2D eigenvalue weighted by molar-refractivity contribution is 5.71. The zero-order valence-electron chi connectivity index (χ0n) is 50.6. The number of allylic oxidation sites excluding steroid dienone is 28. The lowest BCUT2D eigenvalue weighted by molar-refractivity contribution is -0.167. The highest BCUT2D eigenvalue weighted by Gasteiger charge is 2.19. The summed E-state index contributed by atoms with van der Waals surface area (Å²) < 4.78 is 16.9. The van der Waals surface area contributed by atoms with Crippen LogP contribution < -0.4 is 0 Å². The minimum absolute atomic E-state index is 0.108. The fourth-order valence-corrected chi connectivity index (χ4v) is 8.07. The predicted octanol–water partition coefficient (Wildman–Crippen LogP) is 21.9. The third-order valence-corrected chi connectivity index (χ3v) is 12.7. The van der Waals surface area contributed by atoms with Crippen molar-refractivity contribution in [3.05, 3.63) is 170 Å². The van der Waals surface area contributed by atoms with E-state index in [1.807, 2.05) is 0 Å². The van der Waals surface area contributed by atoms with Crippen molar-refractivity contribution in [2.75, 3.05) is 13.2 Å². The monoisotopic (exact) mass is 1090 g/mol. The lowest BCUT2D eigenvalue weighted by Gasteiger charge is -2.18. The molecule has 0 spiro atoms. The van der Waals surface area contributed by atoms with Crippen molar-refractivity contribution >= 4 is 17.9 Å². The van der Waals surface area contributed by atoms with Crippen LogP contribution in [0, 0.1) is 0 Å². The number of carbonyl (C=O) groups is 3. The van der Waals surface area contributed by atoms with E-state index in [4.69, 9.17) is 14.2 Å². The lowest BCUT2D eigenvalue weighted by atomic mass is 10.1. The predicted molar refractivity (Wildman–Crippen MR) is 343 cm³/mol. The highest BCUT2D eigenvalue weighted by Crippen LogP contribution is 2.14. The van der Waals surface area contributed by atoms with Gasteiger partial charge < -0.3 is 14.2 Å². The van der Waals surface area contributed by atoms with Gasteiger partial charge in [0, 0.05) is 19.3 Å². The van der Waals surface area contributed by atoms with Gasteiger partial charge in [-0.25, -0.2) is 0 Å². The Morgan fingerprint density at radius 2 is 0.456 bits per heavy atom. The van der Waals surface area contributed by atoms with Crippen molar-refractivity contribution in [2.24, 2.45) is 0 Å². The smallest absolute Gasteiger partial charge is 0.306 e. The number of unbranched alkanes of at least 4 members (excludes halogenated alkanes) is 16. The van der Waals surface area contributed by atoms with E-state index in [9.17, 15) is 14.4 Å². The first kappa shape index (κ1) is 73.8. The Labute approximate surface area is 485 Å². The molecule has 1 unspecified atom stereocenters. The number of rotatable bonds is 55. The maximum Gasteiger partial charge on any atom is 0.306 e. The van der Waals surface area contributed by atoms with Gasteiger partial charge in [-0.15, -0.1) is 0 Å². The molecule has 0 aromatic carbocycles. The van der Waals surface area contributed by atoms with Crippen LogP contribution in [0.1, 0.15) is 252 Å². The second-order valence-corrected chi connectivity index (χ2v) is 20.2. The molecule has 0 saturated carbocycles. The minimum atomic E-state index is -0.814. The first-order chi connectivity index (χ1) is 39.0. The van der Waals surface area contributed by atoms with Crippen molar-refractivity contribution in [2.45, 2.75) is 258 Å². The van der Waals surface area contributed by atoms with Gasteiger partial charge in [0.05, 0.1) is 0 Å². The molecule has 0 rings (SSSR count). The molecule has 0 aliphatic heterocycles. The zero-order valence-corrected chi connectivity index (χ0v) is 50.6. The first-order valence-corrected chi connectivity index (χ1v) is 31.6. The van der Waals surface area contributed by atoms with Gasteiger partial charge in [0.25, 0.3) is 0 Å². The summed E-state index contributed by atoms with van der Waals surface area (Å²) in [6.45, 7) is 6.25. The molecule has 0 aromatic rings. The molecule has 0 fully saturated rings. The summed E-state index contributed by atoms with van der Waals surface area (Å²) in [6, 6.07) is 0. The fourth-order valence-electron chi connectivity index (χ4n) is 8.07. The van der Waals surface area contributed by atoms with Crippen LogP contribution in [0.15, 0.2) is 170 Å². The van der Waals surface area contributed by atoms with E-state index in [0.717, 1.165) is 186 Å². The van der Waals surface area contributed by atoms with E-state index in [0.29, 0.717) is 19.3 Å². The SMILES string of the molecule is CC/C=C\C/C=C\C/C=C\C/C=C\C/C=C\C/C=C\CCCCCCCCC(=O)OCC(COC(=O)CCCCCC/C=C\C/C=C\C/C=C\C/C=C\CC)OC(=O)CCCCCCCC/C=C\C/C=C\C/C=C\C/C=C\CC. The summed E-state index contributed by atoms with van der Waals surface area (Å²) in [4.78, 5) is 38.4. The third kappa shape index (κ3) is 63.5. The summed E-state index contributed by atoms with van der Waals surface area (Å²) >= 11 is 0. The van der Waals surface area contributed by atoms with Crippen molar-refractivity contribution in [1.29, 1.82) is 0 Å². The molecule has 1 atom stereocenters. The maximum absolute atomic E-state index is 12.9. The normalized spacial score (nSPS) is 13.3. The van der Waals surface area contributed by atoms with E-state index in [2.05, 4.69) is 191 Å². The Morgan fingerprint density at radius 1 is 0.253 bits per heavy atom. The second kappa shape index (κ2) is 65.3. The molecule has 0 aromatic heterocycles. The largest absolute Gasteiger partial charge is 0.462 e. The Balaban J connectivity index is 4.50. The van der Waals surface area contributed by atoms with Crippen LogP contribution in [-0.2, 0) is 28.6 Å². The molecule has 6 heteroatoms. The van der Waals surface area contributed by atoms with Gasteiger partial charge in [0.1, 0.15) is 13.2 Å². The summed E-state index contributed by atoms with van der Waals surface area (Å²) in [6.07, 6.45) is 96.3. The molecular formula is C73H114O6. The number of carbonyl (C=O) groups excluding carboxylic acids is 3. The van der Waals surface area contributed by atoms with Crippen LogP contribution in [0.5, 0.6) is 0 Å². The van der Waals surface area contributed by atoms with Gasteiger partial charge in [0.15, 0.2) is 6.10 Å². The second-order valence-electron chi connectivity index (χ2n) is 20.2. The number of esters is 3. The van der Waals surface area contributed by atoms with E-state index in [-0.39, 0.29) is 31.1 Å². The average molecular weight is 1090 g/mol. The molecule has 0 aliphatic carbocycles. The molecule has 0 aliphatic rings. The Morgan fingerprint density at radius 3 is 0.709 bits per heavy atom. The molecule has 0 radical (unpaired) electrons. The van der Waals surface area contributed by atoms with Crippen molar-refractivity contribution in [1.82, 2.24) is 0 Å². The van der Waals surface area contributed by atoms with Gasteiger partial charge in [-0.2, -0.15) is 0 Å². The minimum Gasteiger partial charge on any atom is -0.462 e. The Kier molecular flexibility index (Phi) is 61.0. The van der Waals surface area contributed by atoms with Crippen LogP contribution >= 0.6 is 0 Å². The molecule has 0 amide bonds. The molecule has 6 nitrogen and oxygen atoms in total. The fraction of sp³-hybridized carbons (Fsp3) is 0.575. The molecule has 0 saturated heterocycles. The van der Waals surface area contributed by atoms with E-state index < -0.39 is 6.10 Å². The Bertz CT molecular complexity index is 1820. The summed E-state index contributed by atoms with van der Waals surface area (Å²) in [5, 5.41) is 0. The molecule has 79 heavy (non-hydrogen) atoms. The maximum atomic E-state index is 12.9. The van der Waals surface area contributed by atoms with Gasteiger partial charge >= 0.3 is 17.9 Å². The topological polar surface area (TPSA) is 78.9 Å². The first-order valence-electron chi connectivity index (χ1n) is 31.6. The highest BCUT2D eigenvalue weighted by atomic mass is 16.6. The third-order valence-electron chi connectivity index (χ3n) is 12.7. The van der Waals surface area contributed by atoms with E-state index >= 15 is 0 Å². The van der Waals surface area contributed by atoms with E-state index in [1.165, 1.54) is 25.7 Å². The number of ether oxygens (including phenoxy) is 3. The molecule has 0 bridgehead atoms. The molecular weight excluding hydrogens is 973 g/mol. The Hall–Kier alpha value is -5.23. The van der Waals surface area contributed by atoms with Crippen LogP contribution in [-0.4, -0.2) is 37.2 Å². The van der Waals surface area contributed by atoms with Crippen LogP contribution in [0.3, 0.4) is 0 Å². The summed E-state index contributed by atoms with van der Waals surface area (Å²) in [5.41, 5.74) is 0. The standard InChI is InChI=1S/C73H114O6/c1-4-7-10-13-16-19-22-25-28-31-33-34-35-36-37-38-40-42-45-48-51-54-57-60-63-66-72(75)78-69-70(68-77-71(74)65-62-59-56-53-50-47-44-41-30-27-24-21-18-15-12-9-6-3)79-73(76)67-64-61-58-55-52-49-46-43-39-32-29-26-23-20-17-14-11-8-5-2/h7-12,16-21,25-30,33-34,36-37,39-40,42-44,47,70H,4-6,13-15,22-24,31-32,35,38,41,45-46,48-69H2,1-3H3/b10-7-,11-8-,12-9-,19-16-,20-17-,21-18-,28-25-,29-26-,30-27-,34-33-,37-36-,42-40-,43-39-,47-44-. The van der Waals surface area contributed by atoms with Gasteiger partial charge in [0.2, 0.25) is 0 Å². The number of hydrogen-bond acceptors (Lipinski definition) is 6. The van der Waals surface area contributed by atoms with E-state index in [1.54, 1.807) is 0 Å². The lowest BCUT2D eigenvalue weighted by Crippen LogP contribution is -2.30. The average Bonchev–Trinajstić information content (AvgIpc) is 3.45. The van der Waals surface area contributed by atoms with Crippen molar-refractivity contribution in [3.63, 3.8) is 0 Å². The summed E-state index contributed by atoms with van der Waals surface area (Å²) in [5.74, 6) is -0.964. The van der Waals surface area contributed by atoms with Crippen molar-refractivity contribution < 1.29 is 28.6 Å². The zero-order chi connectivity index (χ0) is 57.1. The number of hydrogen-bond donors (Lipinski definition) is 0. The molecule has 442 valence electrons. The summed E-state index contributed by atoms with van der Waals surface area (Å²) in [7, 11) is 0.